The number of rotatable bonds is 6. The van der Waals surface area contributed by atoms with Gasteiger partial charge < -0.3 is 10.6 Å². The predicted molar refractivity (Wildman–Crippen MR) is 90.2 cm³/mol. The van der Waals surface area contributed by atoms with Crippen LogP contribution in [0.1, 0.15) is 79.1 Å². The van der Waals surface area contributed by atoms with Crippen molar-refractivity contribution in [3.05, 3.63) is 0 Å². The average molecular weight is 283 g/mol. The van der Waals surface area contributed by atoms with Crippen molar-refractivity contribution in [3.8, 4) is 0 Å². The monoisotopic (exact) mass is 282 g/mol. The Balaban J connectivity index is 0.000000200. The van der Waals surface area contributed by atoms with Crippen molar-refractivity contribution < 1.29 is 0 Å². The van der Waals surface area contributed by atoms with E-state index in [0.717, 1.165) is 11.8 Å². The Morgan fingerprint density at radius 3 is 1.20 bits per heavy atom. The van der Waals surface area contributed by atoms with Gasteiger partial charge in [-0.15, -0.1) is 0 Å². The Labute approximate surface area is 127 Å². The van der Waals surface area contributed by atoms with E-state index < -0.39 is 0 Å². The van der Waals surface area contributed by atoms with Gasteiger partial charge in [-0.25, -0.2) is 0 Å². The molecule has 0 aromatic heterocycles. The molecule has 0 radical (unpaired) electrons. The van der Waals surface area contributed by atoms with Crippen molar-refractivity contribution in [1.29, 1.82) is 0 Å². The Morgan fingerprint density at radius 1 is 0.650 bits per heavy atom. The fourth-order valence-electron chi connectivity index (χ4n) is 3.23. The number of nitrogens with one attached hydrogen (secondary N) is 2. The van der Waals surface area contributed by atoms with E-state index in [9.17, 15) is 0 Å². The Hall–Kier alpha value is -0.0800. The Morgan fingerprint density at radius 2 is 0.950 bits per heavy atom. The van der Waals surface area contributed by atoms with E-state index in [1.54, 1.807) is 0 Å². The highest BCUT2D eigenvalue weighted by Gasteiger charge is 2.14. The van der Waals surface area contributed by atoms with Gasteiger partial charge in [0.1, 0.15) is 0 Å². The Kier molecular flexibility index (Phi) is 9.54. The lowest BCUT2D eigenvalue weighted by atomic mass is 10.1. The molecule has 0 amide bonds. The molecule has 0 heterocycles. The van der Waals surface area contributed by atoms with E-state index in [1.165, 1.54) is 64.5 Å². The molecule has 0 aromatic rings. The molecular weight excluding hydrogens is 244 g/mol. The van der Waals surface area contributed by atoms with Gasteiger partial charge in [0.05, 0.1) is 0 Å². The average Bonchev–Trinajstić information content (AvgIpc) is 3.08. The lowest BCUT2D eigenvalue weighted by Crippen LogP contribution is -2.27. The molecule has 0 atom stereocenters. The molecule has 20 heavy (non-hydrogen) atoms. The van der Waals surface area contributed by atoms with Gasteiger partial charge in [0.15, 0.2) is 0 Å². The summed E-state index contributed by atoms with van der Waals surface area (Å²) in [4.78, 5) is 0. The standard InChI is InChI=1S/2C9H19N/c2*1-8(2)10-7-9-5-3-4-6-9/h2*8-10H,3-7H2,1-2H3. The van der Waals surface area contributed by atoms with E-state index in [2.05, 4.69) is 38.3 Å². The first-order valence-electron chi connectivity index (χ1n) is 9.04. The molecular formula is C18H38N2. The van der Waals surface area contributed by atoms with E-state index in [1.807, 2.05) is 0 Å². The maximum Gasteiger partial charge on any atom is 0.00104 e. The maximum absolute atomic E-state index is 3.49. The zero-order valence-corrected chi connectivity index (χ0v) is 14.4. The fraction of sp³-hybridized carbons (Fsp3) is 1.00. The SMILES string of the molecule is CC(C)NCC1CCCC1.CC(C)NCC1CCCC1. The quantitative estimate of drug-likeness (QED) is 0.757. The molecule has 2 heteroatoms. The smallest absolute Gasteiger partial charge is 0.00104 e. The third kappa shape index (κ3) is 8.97. The molecule has 2 rings (SSSR count). The van der Waals surface area contributed by atoms with E-state index in [4.69, 9.17) is 0 Å². The van der Waals surface area contributed by atoms with Crippen molar-refractivity contribution in [3.63, 3.8) is 0 Å². The highest BCUT2D eigenvalue weighted by Crippen LogP contribution is 2.24. The van der Waals surface area contributed by atoms with Crippen LogP contribution in [-0.4, -0.2) is 25.2 Å². The second kappa shape index (κ2) is 10.6. The zero-order chi connectivity index (χ0) is 14.8. The van der Waals surface area contributed by atoms with Crippen LogP contribution in [0.3, 0.4) is 0 Å². The normalized spacial score (nSPS) is 20.7. The molecule has 0 aliphatic heterocycles. The van der Waals surface area contributed by atoms with Gasteiger partial charge in [-0.05, 0) is 50.6 Å². The van der Waals surface area contributed by atoms with Crippen LogP contribution in [0.4, 0.5) is 0 Å². The van der Waals surface area contributed by atoms with Crippen LogP contribution in [0.5, 0.6) is 0 Å². The topological polar surface area (TPSA) is 24.1 Å². The van der Waals surface area contributed by atoms with Crippen LogP contribution in [0.25, 0.3) is 0 Å². The second-order valence-electron chi connectivity index (χ2n) is 7.43. The summed E-state index contributed by atoms with van der Waals surface area (Å²) in [5.74, 6) is 1.98. The molecule has 2 aliphatic carbocycles. The van der Waals surface area contributed by atoms with Crippen molar-refractivity contribution >= 4 is 0 Å². The minimum Gasteiger partial charge on any atom is -0.314 e. The third-order valence-electron chi connectivity index (χ3n) is 4.58. The van der Waals surface area contributed by atoms with Crippen LogP contribution < -0.4 is 10.6 Å². The van der Waals surface area contributed by atoms with Crippen molar-refractivity contribution in [2.75, 3.05) is 13.1 Å². The second-order valence-corrected chi connectivity index (χ2v) is 7.43. The predicted octanol–water partition coefficient (Wildman–Crippen LogP) is 4.35. The number of hydrogen-bond donors (Lipinski definition) is 2. The molecule has 2 saturated carbocycles. The van der Waals surface area contributed by atoms with Crippen molar-refractivity contribution in [2.24, 2.45) is 11.8 Å². The minimum absolute atomic E-state index is 0.667. The molecule has 0 bridgehead atoms. The summed E-state index contributed by atoms with van der Waals surface area (Å²) in [6.07, 6.45) is 11.7. The van der Waals surface area contributed by atoms with E-state index >= 15 is 0 Å². The molecule has 0 saturated heterocycles. The molecule has 0 unspecified atom stereocenters. The first-order chi connectivity index (χ1) is 9.58. The van der Waals surface area contributed by atoms with Crippen molar-refractivity contribution in [1.82, 2.24) is 10.6 Å². The Bertz CT molecular complexity index is 189. The molecule has 0 aromatic carbocycles. The highest BCUT2D eigenvalue weighted by atomic mass is 14.9. The maximum atomic E-state index is 3.49. The zero-order valence-electron chi connectivity index (χ0n) is 14.4. The van der Waals surface area contributed by atoms with Gasteiger partial charge in [0, 0.05) is 12.1 Å². The summed E-state index contributed by atoms with van der Waals surface area (Å²) in [5.41, 5.74) is 0. The van der Waals surface area contributed by atoms with E-state index in [0.29, 0.717) is 12.1 Å². The van der Waals surface area contributed by atoms with Gasteiger partial charge in [0.2, 0.25) is 0 Å². The van der Waals surface area contributed by atoms with Crippen LogP contribution in [0, 0.1) is 11.8 Å². The van der Waals surface area contributed by atoms with Gasteiger partial charge >= 0.3 is 0 Å². The summed E-state index contributed by atoms with van der Waals surface area (Å²) in [6, 6.07) is 1.33. The van der Waals surface area contributed by atoms with Crippen LogP contribution in [0.2, 0.25) is 0 Å². The molecule has 2 N–H and O–H groups in total. The lowest BCUT2D eigenvalue weighted by Gasteiger charge is -2.12. The number of hydrogen-bond acceptors (Lipinski definition) is 2. The lowest BCUT2D eigenvalue weighted by molar-refractivity contribution is 0.459. The summed E-state index contributed by atoms with van der Waals surface area (Å²) in [5, 5.41) is 6.97. The van der Waals surface area contributed by atoms with Gasteiger partial charge in [-0.2, -0.15) is 0 Å². The minimum atomic E-state index is 0.667. The van der Waals surface area contributed by atoms with Gasteiger partial charge in [-0.3, -0.25) is 0 Å². The van der Waals surface area contributed by atoms with Crippen molar-refractivity contribution in [2.45, 2.75) is 91.1 Å². The summed E-state index contributed by atoms with van der Waals surface area (Å²) in [6.45, 7) is 11.4. The molecule has 2 nitrogen and oxygen atoms in total. The first kappa shape index (κ1) is 18.0. The summed E-state index contributed by atoms with van der Waals surface area (Å²) >= 11 is 0. The van der Waals surface area contributed by atoms with Crippen LogP contribution in [-0.2, 0) is 0 Å². The van der Waals surface area contributed by atoms with Gasteiger partial charge in [-0.1, -0.05) is 53.4 Å². The molecule has 120 valence electrons. The first-order valence-corrected chi connectivity index (χ1v) is 9.04. The largest absolute Gasteiger partial charge is 0.314 e. The molecule has 0 spiro atoms. The van der Waals surface area contributed by atoms with Crippen LogP contribution in [0.15, 0.2) is 0 Å². The van der Waals surface area contributed by atoms with Gasteiger partial charge in [0.25, 0.3) is 0 Å². The molecule has 2 fully saturated rings. The van der Waals surface area contributed by atoms with E-state index in [-0.39, 0.29) is 0 Å². The summed E-state index contributed by atoms with van der Waals surface area (Å²) < 4.78 is 0. The van der Waals surface area contributed by atoms with Crippen LogP contribution >= 0.6 is 0 Å². The highest BCUT2D eigenvalue weighted by molar-refractivity contribution is 4.70. The third-order valence-corrected chi connectivity index (χ3v) is 4.58. The molecule has 2 aliphatic rings. The fourth-order valence-corrected chi connectivity index (χ4v) is 3.23. The summed E-state index contributed by atoms with van der Waals surface area (Å²) in [7, 11) is 0.